The topological polar surface area (TPSA) is 35.9 Å². The highest BCUT2D eigenvalue weighted by atomic mass is 32.2. The highest BCUT2D eigenvalue weighted by Gasteiger charge is 2.37. The van der Waals surface area contributed by atoms with Gasteiger partial charge in [0.15, 0.2) is 17.1 Å². The third-order valence-electron chi connectivity index (χ3n) is 2.11. The summed E-state index contributed by atoms with van der Waals surface area (Å²) >= 11 is 1.67. The number of carbonyl (C=O) groups is 1. The van der Waals surface area contributed by atoms with Gasteiger partial charge in [0.05, 0.1) is 0 Å². The van der Waals surface area contributed by atoms with Crippen LogP contribution in [0.3, 0.4) is 0 Å². The van der Waals surface area contributed by atoms with Gasteiger partial charge in [-0.2, -0.15) is 0 Å². The molecule has 70 valence electrons. The zero-order valence-corrected chi connectivity index (χ0v) is 8.63. The maximum Gasteiger partial charge on any atom is 0.196 e. The molecule has 0 amide bonds. The van der Waals surface area contributed by atoms with Crippen LogP contribution in [0.2, 0.25) is 0 Å². The zero-order valence-electron chi connectivity index (χ0n) is 7.81. The van der Waals surface area contributed by atoms with Crippen LogP contribution in [0.25, 0.3) is 0 Å². The molecule has 4 nitrogen and oxygen atoms in total. The minimum absolute atomic E-state index is 0.0188. The standard InChI is InChI=1S/C8H11N3OS/c1-5-4-13-8-10(3)7(6(2)12)9-11(5)8/h4,8H,1-3H3. The Bertz CT molecular complexity index is 323. The van der Waals surface area contributed by atoms with E-state index in [1.807, 2.05) is 23.9 Å². The van der Waals surface area contributed by atoms with Gasteiger partial charge in [0.1, 0.15) is 0 Å². The third kappa shape index (κ3) is 1.14. The van der Waals surface area contributed by atoms with Crippen LogP contribution in [0.5, 0.6) is 0 Å². The van der Waals surface area contributed by atoms with Gasteiger partial charge in [0.25, 0.3) is 0 Å². The summed E-state index contributed by atoms with van der Waals surface area (Å²) < 4.78 is 0. The van der Waals surface area contributed by atoms with E-state index in [2.05, 4.69) is 10.5 Å². The minimum atomic E-state index is 0.0188. The molecule has 0 radical (unpaired) electrons. The van der Waals surface area contributed by atoms with Crippen LogP contribution in [0.1, 0.15) is 13.8 Å². The second-order valence-corrected chi connectivity index (χ2v) is 4.09. The number of carbonyl (C=O) groups excluding carboxylic acids is 1. The molecule has 1 unspecified atom stereocenters. The molecule has 0 N–H and O–H groups in total. The van der Waals surface area contributed by atoms with Crippen LogP contribution in [-0.4, -0.2) is 34.1 Å². The fraction of sp³-hybridized carbons (Fsp3) is 0.500. The van der Waals surface area contributed by atoms with Crippen molar-refractivity contribution < 1.29 is 4.79 Å². The molecule has 2 aliphatic rings. The Balaban J connectivity index is 2.30. The van der Waals surface area contributed by atoms with Crippen LogP contribution in [0, 0.1) is 0 Å². The monoisotopic (exact) mass is 197 g/mol. The first kappa shape index (κ1) is 8.62. The number of amidine groups is 1. The number of ketones is 1. The van der Waals surface area contributed by atoms with Crippen molar-refractivity contribution in [3.8, 4) is 0 Å². The number of fused-ring (bicyclic) bond motifs is 1. The second kappa shape index (κ2) is 2.77. The highest BCUT2D eigenvalue weighted by molar-refractivity contribution is 8.02. The molecule has 0 fully saturated rings. The predicted molar refractivity (Wildman–Crippen MR) is 52.9 cm³/mol. The molecule has 0 saturated heterocycles. The van der Waals surface area contributed by atoms with E-state index in [4.69, 9.17) is 0 Å². The smallest absolute Gasteiger partial charge is 0.196 e. The van der Waals surface area contributed by atoms with E-state index in [0.717, 1.165) is 5.70 Å². The zero-order chi connectivity index (χ0) is 9.59. The van der Waals surface area contributed by atoms with E-state index in [9.17, 15) is 4.79 Å². The molecule has 0 aromatic heterocycles. The molecule has 2 rings (SSSR count). The van der Waals surface area contributed by atoms with E-state index < -0.39 is 0 Å². The quantitative estimate of drug-likeness (QED) is 0.629. The number of likely N-dealkylation sites (N-methyl/N-ethyl adjacent to an activating group) is 1. The largest absolute Gasteiger partial charge is 0.324 e. The molecule has 5 heteroatoms. The molecule has 0 aliphatic carbocycles. The molecular weight excluding hydrogens is 186 g/mol. The van der Waals surface area contributed by atoms with Crippen LogP contribution in [0.4, 0.5) is 0 Å². The first-order valence-corrected chi connectivity index (χ1v) is 4.99. The Morgan fingerprint density at radius 2 is 2.38 bits per heavy atom. The van der Waals surface area contributed by atoms with Gasteiger partial charge in [-0.15, -0.1) is 5.10 Å². The Morgan fingerprint density at radius 1 is 1.69 bits per heavy atom. The highest BCUT2D eigenvalue weighted by Crippen LogP contribution is 2.36. The Morgan fingerprint density at radius 3 is 2.92 bits per heavy atom. The number of hydrazone groups is 1. The number of allylic oxidation sites excluding steroid dienone is 1. The summed E-state index contributed by atoms with van der Waals surface area (Å²) in [5.74, 6) is 0.565. The summed E-state index contributed by atoms with van der Waals surface area (Å²) in [6, 6.07) is 0. The SMILES string of the molecule is CC(=O)C1=NN2C(C)=CSC2N1C. The molecule has 0 bridgehead atoms. The summed E-state index contributed by atoms with van der Waals surface area (Å²) in [5.41, 5.74) is 1.25. The maximum absolute atomic E-state index is 11.2. The van der Waals surface area contributed by atoms with Crippen molar-refractivity contribution in [1.82, 2.24) is 9.91 Å². The average molecular weight is 197 g/mol. The number of hydrogen-bond donors (Lipinski definition) is 0. The van der Waals surface area contributed by atoms with E-state index >= 15 is 0 Å². The van der Waals surface area contributed by atoms with Gasteiger partial charge in [0, 0.05) is 19.7 Å². The van der Waals surface area contributed by atoms with Crippen LogP contribution < -0.4 is 0 Å². The van der Waals surface area contributed by atoms with Gasteiger partial charge in [0.2, 0.25) is 0 Å². The minimum Gasteiger partial charge on any atom is -0.324 e. The van der Waals surface area contributed by atoms with Crippen molar-refractivity contribution in [2.45, 2.75) is 19.3 Å². The first-order valence-electron chi connectivity index (χ1n) is 4.05. The molecule has 0 aromatic carbocycles. The van der Waals surface area contributed by atoms with Gasteiger partial charge in [-0.25, -0.2) is 5.01 Å². The van der Waals surface area contributed by atoms with E-state index in [1.165, 1.54) is 0 Å². The van der Waals surface area contributed by atoms with Gasteiger partial charge in [-0.05, 0) is 12.3 Å². The number of thioether (sulfide) groups is 1. The molecule has 1 atom stereocenters. The molecule has 0 saturated carbocycles. The Kier molecular flexibility index (Phi) is 1.83. The summed E-state index contributed by atoms with van der Waals surface area (Å²) in [5, 5.41) is 8.18. The van der Waals surface area contributed by atoms with E-state index in [-0.39, 0.29) is 11.3 Å². The Hall–Kier alpha value is -0.970. The number of rotatable bonds is 1. The van der Waals surface area contributed by atoms with Crippen LogP contribution in [0.15, 0.2) is 16.2 Å². The third-order valence-corrected chi connectivity index (χ3v) is 3.35. The molecule has 13 heavy (non-hydrogen) atoms. The molecule has 2 aliphatic heterocycles. The summed E-state index contributed by atoms with van der Waals surface area (Å²) in [7, 11) is 1.89. The summed E-state index contributed by atoms with van der Waals surface area (Å²) in [6.07, 6.45) is 0. The van der Waals surface area contributed by atoms with Crippen LogP contribution >= 0.6 is 11.8 Å². The number of nitrogens with zero attached hydrogens (tertiary/aromatic N) is 3. The average Bonchev–Trinajstić information content (AvgIpc) is 2.55. The van der Waals surface area contributed by atoms with Crippen molar-refractivity contribution in [1.29, 1.82) is 0 Å². The van der Waals surface area contributed by atoms with E-state index in [0.29, 0.717) is 5.84 Å². The lowest BCUT2D eigenvalue weighted by molar-refractivity contribution is -0.111. The fourth-order valence-corrected chi connectivity index (χ4v) is 2.46. The maximum atomic E-state index is 11.2. The van der Waals surface area contributed by atoms with Crippen molar-refractivity contribution in [3.63, 3.8) is 0 Å². The normalized spacial score (nSPS) is 25.9. The van der Waals surface area contributed by atoms with Crippen molar-refractivity contribution >= 4 is 23.4 Å². The van der Waals surface area contributed by atoms with E-state index in [1.54, 1.807) is 18.7 Å². The first-order chi connectivity index (χ1) is 6.11. The fourth-order valence-electron chi connectivity index (χ4n) is 1.42. The van der Waals surface area contributed by atoms with Crippen molar-refractivity contribution in [2.24, 2.45) is 5.10 Å². The van der Waals surface area contributed by atoms with Gasteiger partial charge in [-0.3, -0.25) is 4.79 Å². The number of Topliss-reactive ketones (excluding diaryl/α,β-unsaturated/α-hetero) is 1. The molecular formula is C8H11N3OS. The van der Waals surface area contributed by atoms with Gasteiger partial charge in [-0.1, -0.05) is 11.8 Å². The lowest BCUT2D eigenvalue weighted by atomic mass is 10.4. The van der Waals surface area contributed by atoms with Crippen molar-refractivity contribution in [3.05, 3.63) is 11.1 Å². The van der Waals surface area contributed by atoms with Gasteiger partial charge >= 0.3 is 0 Å². The van der Waals surface area contributed by atoms with Crippen LogP contribution in [-0.2, 0) is 4.79 Å². The molecule has 2 heterocycles. The lowest BCUT2D eigenvalue weighted by Gasteiger charge is -2.21. The predicted octanol–water partition coefficient (Wildman–Crippen LogP) is 1.03. The number of hydrogen-bond acceptors (Lipinski definition) is 5. The summed E-state index contributed by atoms with van der Waals surface area (Å²) in [4.78, 5) is 13.1. The van der Waals surface area contributed by atoms with Crippen molar-refractivity contribution in [2.75, 3.05) is 7.05 Å². The Labute approximate surface area is 81.3 Å². The summed E-state index contributed by atoms with van der Waals surface area (Å²) in [6.45, 7) is 3.54. The molecule has 0 aromatic rings. The lowest BCUT2D eigenvalue weighted by Crippen LogP contribution is -2.36. The van der Waals surface area contributed by atoms with Gasteiger partial charge < -0.3 is 4.90 Å². The molecule has 0 spiro atoms. The second-order valence-electron chi connectivity index (χ2n) is 3.16.